The maximum Gasteiger partial charge on any atom is 0.227 e. The van der Waals surface area contributed by atoms with Gasteiger partial charge < -0.3 is 15.5 Å². The van der Waals surface area contributed by atoms with Crippen LogP contribution in [0, 0.1) is 0 Å². The Morgan fingerprint density at radius 2 is 1.81 bits per heavy atom. The van der Waals surface area contributed by atoms with Gasteiger partial charge in [-0.3, -0.25) is 9.52 Å². The molecule has 0 saturated carbocycles. The molecular weight excluding hydrogens is 360 g/mol. The van der Waals surface area contributed by atoms with E-state index in [4.69, 9.17) is 0 Å². The maximum absolute atomic E-state index is 10.4. The number of nitrogens with zero attached hydrogens (tertiary/aromatic N) is 3. The summed E-state index contributed by atoms with van der Waals surface area (Å²) in [6.45, 7) is 8.73. The largest absolute Gasteiger partial charge is 0.326 e. The molecule has 7 nitrogen and oxygen atoms in total. The zero-order chi connectivity index (χ0) is 19.3. The SMILES string of the molecule is CCCCN(CC)CCNSc1ccc(Nc2ncc(NC=O)cn2)cc1. The Morgan fingerprint density at radius 1 is 1.07 bits per heavy atom. The van der Waals surface area contributed by atoms with Gasteiger partial charge in [0.1, 0.15) is 0 Å². The quantitative estimate of drug-likeness (QED) is 0.275. The van der Waals surface area contributed by atoms with Crippen molar-refractivity contribution in [2.24, 2.45) is 0 Å². The fourth-order valence-electron chi connectivity index (χ4n) is 2.42. The van der Waals surface area contributed by atoms with Crippen LogP contribution >= 0.6 is 11.9 Å². The second-order valence-electron chi connectivity index (χ2n) is 5.99. The lowest BCUT2D eigenvalue weighted by molar-refractivity contribution is -0.105. The molecule has 146 valence electrons. The topological polar surface area (TPSA) is 82.2 Å². The third-order valence-corrected chi connectivity index (χ3v) is 4.84. The molecule has 2 aromatic rings. The van der Waals surface area contributed by atoms with Crippen molar-refractivity contribution >= 4 is 35.7 Å². The molecule has 0 radical (unpaired) electrons. The molecule has 0 unspecified atom stereocenters. The second-order valence-corrected chi connectivity index (χ2v) is 6.96. The second kappa shape index (κ2) is 12.3. The lowest BCUT2D eigenvalue weighted by atomic mass is 10.3. The molecule has 1 amide bonds. The predicted molar refractivity (Wildman–Crippen MR) is 112 cm³/mol. The Kier molecular flexibility index (Phi) is 9.61. The van der Waals surface area contributed by atoms with E-state index in [1.165, 1.54) is 19.4 Å². The average Bonchev–Trinajstić information content (AvgIpc) is 2.70. The molecule has 0 aliphatic carbocycles. The van der Waals surface area contributed by atoms with Crippen molar-refractivity contribution in [1.29, 1.82) is 0 Å². The molecule has 8 heteroatoms. The van der Waals surface area contributed by atoms with Crippen LogP contribution in [0.3, 0.4) is 0 Å². The van der Waals surface area contributed by atoms with Gasteiger partial charge in [0, 0.05) is 23.7 Å². The van der Waals surface area contributed by atoms with Crippen LogP contribution in [-0.2, 0) is 4.79 Å². The number of nitrogens with one attached hydrogen (secondary N) is 3. The van der Waals surface area contributed by atoms with Crippen molar-refractivity contribution in [3.63, 3.8) is 0 Å². The molecule has 0 atom stereocenters. The first kappa shape index (κ1) is 21.1. The van der Waals surface area contributed by atoms with Crippen molar-refractivity contribution in [1.82, 2.24) is 19.6 Å². The minimum Gasteiger partial charge on any atom is -0.326 e. The van der Waals surface area contributed by atoms with Gasteiger partial charge in [-0.05, 0) is 55.7 Å². The number of carbonyl (C=O) groups is 1. The Labute approximate surface area is 165 Å². The highest BCUT2D eigenvalue weighted by atomic mass is 32.2. The first-order valence-electron chi connectivity index (χ1n) is 9.26. The summed E-state index contributed by atoms with van der Waals surface area (Å²) in [6, 6.07) is 8.09. The van der Waals surface area contributed by atoms with Gasteiger partial charge in [-0.2, -0.15) is 0 Å². The van der Waals surface area contributed by atoms with E-state index < -0.39 is 0 Å². The fourth-order valence-corrected chi connectivity index (χ4v) is 3.05. The normalized spacial score (nSPS) is 10.8. The summed E-state index contributed by atoms with van der Waals surface area (Å²) in [5.74, 6) is 0.483. The number of benzene rings is 1. The highest BCUT2D eigenvalue weighted by Gasteiger charge is 2.02. The van der Waals surface area contributed by atoms with Crippen LogP contribution in [0.2, 0.25) is 0 Å². The highest BCUT2D eigenvalue weighted by Crippen LogP contribution is 2.19. The van der Waals surface area contributed by atoms with Gasteiger partial charge in [0.25, 0.3) is 0 Å². The third-order valence-electron chi connectivity index (χ3n) is 3.98. The van der Waals surface area contributed by atoms with Crippen molar-refractivity contribution in [3.05, 3.63) is 36.7 Å². The van der Waals surface area contributed by atoms with Gasteiger partial charge in [0.2, 0.25) is 12.4 Å². The smallest absolute Gasteiger partial charge is 0.227 e. The number of rotatable bonds is 13. The van der Waals surface area contributed by atoms with Crippen LogP contribution < -0.4 is 15.4 Å². The molecule has 3 N–H and O–H groups in total. The molecule has 2 rings (SSSR count). The number of amides is 1. The zero-order valence-electron chi connectivity index (χ0n) is 15.9. The summed E-state index contributed by atoms with van der Waals surface area (Å²) in [4.78, 5) is 22.3. The van der Waals surface area contributed by atoms with Gasteiger partial charge in [-0.25, -0.2) is 9.97 Å². The average molecular weight is 389 g/mol. The maximum atomic E-state index is 10.4. The number of carbonyl (C=O) groups excluding carboxylic acids is 1. The van der Waals surface area contributed by atoms with E-state index in [0.717, 1.165) is 30.2 Å². The van der Waals surface area contributed by atoms with E-state index in [1.54, 1.807) is 24.3 Å². The molecule has 1 heterocycles. The van der Waals surface area contributed by atoms with Gasteiger partial charge in [-0.15, -0.1) is 0 Å². The molecule has 1 aromatic heterocycles. The summed E-state index contributed by atoms with van der Waals surface area (Å²) >= 11 is 1.64. The summed E-state index contributed by atoms with van der Waals surface area (Å²) in [7, 11) is 0. The van der Waals surface area contributed by atoms with E-state index in [1.807, 2.05) is 12.1 Å². The Hall–Kier alpha value is -2.16. The molecule has 27 heavy (non-hydrogen) atoms. The molecule has 0 spiro atoms. The number of hydrogen-bond acceptors (Lipinski definition) is 7. The van der Waals surface area contributed by atoms with Crippen molar-refractivity contribution in [2.75, 3.05) is 36.8 Å². The van der Waals surface area contributed by atoms with Crippen molar-refractivity contribution in [3.8, 4) is 0 Å². The van der Waals surface area contributed by atoms with Gasteiger partial charge in [0.15, 0.2) is 0 Å². The Bertz CT molecular complexity index is 665. The minimum absolute atomic E-state index is 0.483. The standard InChI is InChI=1S/C19H28N6OS/c1-3-5-11-25(4-2)12-10-23-27-18-8-6-16(7-9-18)24-19-20-13-17(14-21-19)22-15-26/h6-9,13-15,23H,3-5,10-12H2,1-2H3,(H,22,26)(H,20,21,24). The van der Waals surface area contributed by atoms with Gasteiger partial charge in [0.05, 0.1) is 18.1 Å². The number of hydrogen-bond donors (Lipinski definition) is 3. The van der Waals surface area contributed by atoms with Crippen molar-refractivity contribution in [2.45, 2.75) is 31.6 Å². The van der Waals surface area contributed by atoms with Gasteiger partial charge in [-0.1, -0.05) is 20.3 Å². The molecule has 0 aliphatic heterocycles. The Morgan fingerprint density at radius 3 is 2.44 bits per heavy atom. The third kappa shape index (κ3) is 7.94. The Balaban J connectivity index is 1.73. The highest BCUT2D eigenvalue weighted by molar-refractivity contribution is 7.97. The number of unbranched alkanes of at least 4 members (excludes halogenated alkanes) is 1. The molecule has 0 aliphatic rings. The van der Waals surface area contributed by atoms with Crippen LogP contribution in [0.15, 0.2) is 41.6 Å². The summed E-state index contributed by atoms with van der Waals surface area (Å²) in [5.41, 5.74) is 1.47. The molecule has 1 aromatic carbocycles. The van der Waals surface area contributed by atoms with E-state index in [0.29, 0.717) is 18.0 Å². The first-order chi connectivity index (χ1) is 13.2. The van der Waals surface area contributed by atoms with Crippen LogP contribution in [-0.4, -0.2) is 47.5 Å². The summed E-state index contributed by atoms with van der Waals surface area (Å²) in [6.07, 6.45) is 6.20. The van der Waals surface area contributed by atoms with E-state index >= 15 is 0 Å². The lowest BCUT2D eigenvalue weighted by Gasteiger charge is -2.19. The van der Waals surface area contributed by atoms with Gasteiger partial charge >= 0.3 is 0 Å². The molecule has 0 bridgehead atoms. The monoisotopic (exact) mass is 388 g/mol. The lowest BCUT2D eigenvalue weighted by Crippen LogP contribution is -2.30. The van der Waals surface area contributed by atoms with Crippen LogP contribution in [0.1, 0.15) is 26.7 Å². The molecule has 0 fully saturated rings. The number of aromatic nitrogens is 2. The van der Waals surface area contributed by atoms with Crippen LogP contribution in [0.25, 0.3) is 0 Å². The zero-order valence-corrected chi connectivity index (χ0v) is 16.8. The number of likely N-dealkylation sites (N-methyl/N-ethyl adjacent to an activating group) is 1. The predicted octanol–water partition coefficient (Wildman–Crippen LogP) is 3.51. The minimum atomic E-state index is 0.483. The first-order valence-corrected chi connectivity index (χ1v) is 10.1. The summed E-state index contributed by atoms with van der Waals surface area (Å²) in [5, 5.41) is 5.64. The van der Waals surface area contributed by atoms with E-state index in [9.17, 15) is 4.79 Å². The molecular formula is C19H28N6OS. The molecule has 0 saturated heterocycles. The van der Waals surface area contributed by atoms with Crippen molar-refractivity contribution < 1.29 is 4.79 Å². The number of anilines is 3. The van der Waals surface area contributed by atoms with Crippen LogP contribution in [0.4, 0.5) is 17.3 Å². The van der Waals surface area contributed by atoms with E-state index in [-0.39, 0.29) is 0 Å². The summed E-state index contributed by atoms with van der Waals surface area (Å²) < 4.78 is 3.42. The van der Waals surface area contributed by atoms with E-state index in [2.05, 4.69) is 56.2 Å². The fraction of sp³-hybridized carbons (Fsp3) is 0.421. The van der Waals surface area contributed by atoms with Crippen LogP contribution in [0.5, 0.6) is 0 Å².